The van der Waals surface area contributed by atoms with Crippen LogP contribution in [0.3, 0.4) is 0 Å². The summed E-state index contributed by atoms with van der Waals surface area (Å²) >= 11 is 0. The van der Waals surface area contributed by atoms with Crippen LogP contribution >= 0.6 is 0 Å². The summed E-state index contributed by atoms with van der Waals surface area (Å²) in [5.41, 5.74) is 4.86. The number of hydrogen-bond acceptors (Lipinski definition) is 6. The lowest BCUT2D eigenvalue weighted by atomic mass is 9.99. The van der Waals surface area contributed by atoms with Crippen LogP contribution < -0.4 is 4.90 Å². The Morgan fingerprint density at radius 1 is 1.32 bits per heavy atom. The number of morpholine rings is 1. The van der Waals surface area contributed by atoms with E-state index in [0.29, 0.717) is 30.8 Å². The first-order valence-electron chi connectivity index (χ1n) is 9.38. The van der Waals surface area contributed by atoms with E-state index in [9.17, 15) is 10.1 Å². The van der Waals surface area contributed by atoms with Gasteiger partial charge < -0.3 is 14.4 Å². The number of aromatic nitrogens is 2. The zero-order valence-corrected chi connectivity index (χ0v) is 16.1. The van der Waals surface area contributed by atoms with E-state index in [4.69, 9.17) is 14.5 Å². The van der Waals surface area contributed by atoms with E-state index in [1.165, 1.54) is 7.11 Å². The van der Waals surface area contributed by atoms with Crippen LogP contribution in [0.5, 0.6) is 0 Å². The summed E-state index contributed by atoms with van der Waals surface area (Å²) in [6.45, 7) is 4.72. The third kappa shape index (κ3) is 2.96. The summed E-state index contributed by atoms with van der Waals surface area (Å²) in [5.74, 6) is 0.730. The molecule has 4 rings (SSSR count). The standard InChI is InChI=1S/C21H22N4O3/c1-14-15(7-8-19(26)27-2)21(24-9-11-28-12-10-24)25-18-6-4-3-5-17(18)23-20(25)16(14)13-22/h3-6H,7-12H2,1-2H3. The largest absolute Gasteiger partial charge is 0.469 e. The molecular weight excluding hydrogens is 356 g/mol. The Morgan fingerprint density at radius 3 is 2.79 bits per heavy atom. The molecule has 0 atom stereocenters. The highest BCUT2D eigenvalue weighted by molar-refractivity contribution is 5.86. The highest BCUT2D eigenvalue weighted by atomic mass is 16.5. The molecule has 1 fully saturated rings. The Kier molecular flexibility index (Phi) is 4.88. The van der Waals surface area contributed by atoms with Gasteiger partial charge >= 0.3 is 5.97 Å². The number of pyridine rings is 1. The van der Waals surface area contributed by atoms with Gasteiger partial charge in [-0.3, -0.25) is 9.20 Å². The average Bonchev–Trinajstić information content (AvgIpc) is 3.11. The topological polar surface area (TPSA) is 79.9 Å². The first kappa shape index (κ1) is 18.3. The van der Waals surface area contributed by atoms with Gasteiger partial charge in [0, 0.05) is 19.5 Å². The van der Waals surface area contributed by atoms with Gasteiger partial charge in [-0.2, -0.15) is 5.26 Å². The van der Waals surface area contributed by atoms with E-state index < -0.39 is 0 Å². The van der Waals surface area contributed by atoms with Crippen molar-refractivity contribution in [3.8, 4) is 6.07 Å². The molecule has 1 saturated heterocycles. The van der Waals surface area contributed by atoms with E-state index in [1.807, 2.05) is 31.2 Å². The summed E-state index contributed by atoms with van der Waals surface area (Å²) in [4.78, 5) is 18.8. The van der Waals surface area contributed by atoms with Gasteiger partial charge in [0.05, 0.1) is 36.9 Å². The Morgan fingerprint density at radius 2 is 2.07 bits per heavy atom. The second-order valence-electron chi connectivity index (χ2n) is 6.85. The van der Waals surface area contributed by atoms with E-state index in [1.54, 1.807) is 0 Å². The van der Waals surface area contributed by atoms with Crippen molar-refractivity contribution in [3.05, 3.63) is 41.0 Å². The van der Waals surface area contributed by atoms with Gasteiger partial charge in [0.2, 0.25) is 0 Å². The maximum atomic E-state index is 11.8. The van der Waals surface area contributed by atoms with Crippen LogP contribution in [0.4, 0.5) is 5.82 Å². The molecule has 1 aliphatic rings. The molecule has 7 nitrogen and oxygen atoms in total. The van der Waals surface area contributed by atoms with Crippen LogP contribution in [-0.2, 0) is 20.7 Å². The SMILES string of the molecule is COC(=O)CCc1c(C)c(C#N)c2nc3ccccc3n2c1N1CCOCC1. The van der Waals surface area contributed by atoms with E-state index in [-0.39, 0.29) is 12.4 Å². The molecule has 144 valence electrons. The number of para-hydroxylation sites is 2. The molecule has 0 radical (unpaired) electrons. The minimum absolute atomic E-state index is 0.262. The van der Waals surface area contributed by atoms with Gasteiger partial charge in [-0.25, -0.2) is 4.98 Å². The smallest absolute Gasteiger partial charge is 0.305 e. The van der Waals surface area contributed by atoms with Crippen LogP contribution in [0.15, 0.2) is 24.3 Å². The minimum Gasteiger partial charge on any atom is -0.469 e. The van der Waals surface area contributed by atoms with Gasteiger partial charge in [-0.05, 0) is 36.6 Å². The van der Waals surface area contributed by atoms with Gasteiger partial charge in [-0.15, -0.1) is 0 Å². The third-order valence-electron chi connectivity index (χ3n) is 5.32. The van der Waals surface area contributed by atoms with Crippen LogP contribution in [0, 0.1) is 18.3 Å². The zero-order valence-electron chi connectivity index (χ0n) is 16.1. The Balaban J connectivity index is 2.03. The number of methoxy groups -OCH3 is 1. The minimum atomic E-state index is -0.263. The van der Waals surface area contributed by atoms with Crippen LogP contribution in [0.1, 0.15) is 23.1 Å². The first-order chi connectivity index (χ1) is 13.7. The highest BCUT2D eigenvalue weighted by Gasteiger charge is 2.25. The van der Waals surface area contributed by atoms with Crippen molar-refractivity contribution >= 4 is 28.5 Å². The maximum absolute atomic E-state index is 11.8. The number of fused-ring (bicyclic) bond motifs is 3. The summed E-state index contributed by atoms with van der Waals surface area (Å²) < 4.78 is 12.4. The molecular formula is C21H22N4O3. The predicted molar refractivity (Wildman–Crippen MR) is 106 cm³/mol. The van der Waals surface area contributed by atoms with Crippen molar-refractivity contribution in [2.24, 2.45) is 0 Å². The first-order valence-corrected chi connectivity index (χ1v) is 9.38. The number of benzene rings is 1. The maximum Gasteiger partial charge on any atom is 0.305 e. The lowest BCUT2D eigenvalue weighted by Crippen LogP contribution is -2.38. The van der Waals surface area contributed by atoms with Crippen molar-refractivity contribution in [3.63, 3.8) is 0 Å². The zero-order chi connectivity index (χ0) is 19.7. The van der Waals surface area contributed by atoms with Gasteiger partial charge in [0.1, 0.15) is 11.9 Å². The Labute approximate surface area is 163 Å². The fraction of sp³-hybridized carbons (Fsp3) is 0.381. The molecule has 0 N–H and O–H groups in total. The van der Waals surface area contributed by atoms with Crippen LogP contribution in [-0.4, -0.2) is 48.8 Å². The molecule has 0 bridgehead atoms. The Hall–Kier alpha value is -3.11. The van der Waals surface area contributed by atoms with Crippen LogP contribution in [0.2, 0.25) is 0 Å². The third-order valence-corrected chi connectivity index (χ3v) is 5.32. The molecule has 7 heteroatoms. The fourth-order valence-corrected chi connectivity index (χ4v) is 3.90. The number of nitrogens with zero attached hydrogens (tertiary/aromatic N) is 4. The number of nitriles is 1. The fourth-order valence-electron chi connectivity index (χ4n) is 3.90. The second-order valence-corrected chi connectivity index (χ2v) is 6.85. The molecule has 3 heterocycles. The summed E-state index contributed by atoms with van der Waals surface area (Å²) in [7, 11) is 1.39. The van der Waals surface area contributed by atoms with E-state index in [0.717, 1.165) is 41.1 Å². The summed E-state index contributed by atoms with van der Waals surface area (Å²) in [6.07, 6.45) is 0.764. The summed E-state index contributed by atoms with van der Waals surface area (Å²) in [6, 6.07) is 10.2. The molecule has 28 heavy (non-hydrogen) atoms. The van der Waals surface area contributed by atoms with Gasteiger partial charge in [0.25, 0.3) is 0 Å². The number of hydrogen-bond donors (Lipinski definition) is 0. The number of anilines is 1. The second kappa shape index (κ2) is 7.49. The Bertz CT molecular complexity index is 1090. The normalized spacial score (nSPS) is 14.4. The number of ether oxygens (including phenoxy) is 2. The van der Waals surface area contributed by atoms with Crippen molar-refractivity contribution in [1.82, 2.24) is 9.38 Å². The molecule has 0 amide bonds. The molecule has 0 saturated carbocycles. The monoisotopic (exact) mass is 378 g/mol. The quantitative estimate of drug-likeness (QED) is 0.649. The number of imidazole rings is 1. The van der Waals surface area contributed by atoms with Crippen molar-refractivity contribution in [1.29, 1.82) is 5.26 Å². The molecule has 0 spiro atoms. The number of rotatable bonds is 4. The number of esters is 1. The van der Waals surface area contributed by atoms with Crippen molar-refractivity contribution in [2.45, 2.75) is 19.8 Å². The lowest BCUT2D eigenvalue weighted by molar-refractivity contribution is -0.140. The molecule has 3 aromatic rings. The number of carbonyl (C=O) groups is 1. The molecule has 2 aromatic heterocycles. The number of carbonyl (C=O) groups excluding carboxylic acids is 1. The highest BCUT2D eigenvalue weighted by Crippen LogP contribution is 2.34. The average molecular weight is 378 g/mol. The predicted octanol–water partition coefficient (Wildman–Crippen LogP) is 2.61. The van der Waals surface area contributed by atoms with Crippen molar-refractivity contribution in [2.75, 3.05) is 38.3 Å². The van der Waals surface area contributed by atoms with E-state index in [2.05, 4.69) is 15.4 Å². The van der Waals surface area contributed by atoms with Gasteiger partial charge in [-0.1, -0.05) is 12.1 Å². The van der Waals surface area contributed by atoms with E-state index >= 15 is 0 Å². The van der Waals surface area contributed by atoms with Crippen LogP contribution in [0.25, 0.3) is 16.7 Å². The molecule has 0 unspecified atom stereocenters. The molecule has 1 aromatic carbocycles. The lowest BCUT2D eigenvalue weighted by Gasteiger charge is -2.32. The van der Waals surface area contributed by atoms with Gasteiger partial charge in [0.15, 0.2) is 5.65 Å². The molecule has 1 aliphatic heterocycles. The molecule has 0 aliphatic carbocycles. The van der Waals surface area contributed by atoms with Crippen molar-refractivity contribution < 1.29 is 14.3 Å². The summed E-state index contributed by atoms with van der Waals surface area (Å²) in [5, 5.41) is 9.86.